The van der Waals surface area contributed by atoms with Crippen molar-refractivity contribution in [3.63, 3.8) is 0 Å². The lowest BCUT2D eigenvalue weighted by Crippen LogP contribution is -2.58. The minimum Gasteiger partial charge on any atom is -0.458 e. The van der Waals surface area contributed by atoms with E-state index in [9.17, 15) is 28.8 Å². The summed E-state index contributed by atoms with van der Waals surface area (Å²) < 4.78 is 5.57. The zero-order chi connectivity index (χ0) is 31.4. The van der Waals surface area contributed by atoms with Gasteiger partial charge in [-0.1, -0.05) is 12.1 Å². The number of unbranched alkanes of at least 4 members (excludes halogenated alkanes) is 1. The number of nitrogens with one attached hydrogen (secondary N) is 1. The van der Waals surface area contributed by atoms with Gasteiger partial charge in [0.15, 0.2) is 0 Å². The van der Waals surface area contributed by atoms with Crippen LogP contribution in [-0.4, -0.2) is 88.1 Å². The largest absolute Gasteiger partial charge is 0.458 e. The molecule has 0 aliphatic carbocycles. The van der Waals surface area contributed by atoms with Crippen molar-refractivity contribution in [2.45, 2.75) is 70.7 Å². The van der Waals surface area contributed by atoms with Gasteiger partial charge in [0.2, 0.25) is 5.91 Å². The Labute approximate surface area is 250 Å². The van der Waals surface area contributed by atoms with E-state index in [0.717, 1.165) is 15.4 Å². The third-order valence-electron chi connectivity index (χ3n) is 6.32. The Balaban J connectivity index is 2.34. The molecule has 230 valence electrons. The first-order valence-corrected chi connectivity index (χ1v) is 15.1. The van der Waals surface area contributed by atoms with Crippen LogP contribution in [0.25, 0.3) is 0 Å². The van der Waals surface area contributed by atoms with E-state index in [1.165, 1.54) is 23.9 Å². The predicted molar refractivity (Wildman–Crippen MR) is 159 cm³/mol. The summed E-state index contributed by atoms with van der Waals surface area (Å²) in [5, 5.41) is 2.72. The van der Waals surface area contributed by atoms with Gasteiger partial charge in [0.1, 0.15) is 17.7 Å². The molecule has 0 radical (unpaired) electrons. The first kappa shape index (κ1) is 34.7. The van der Waals surface area contributed by atoms with Crippen LogP contribution in [0.5, 0.6) is 0 Å². The van der Waals surface area contributed by atoms with E-state index in [1.54, 1.807) is 45.0 Å². The second kappa shape index (κ2) is 16.2. The minimum atomic E-state index is -1.34. The Morgan fingerprint density at radius 1 is 1.05 bits per heavy atom. The van der Waals surface area contributed by atoms with Gasteiger partial charge >= 0.3 is 5.97 Å². The molecule has 0 saturated heterocycles. The molecule has 0 unspecified atom stereocenters. The molecule has 1 heterocycles. The molecule has 0 saturated carbocycles. The van der Waals surface area contributed by atoms with Gasteiger partial charge in [-0.15, -0.1) is 0 Å². The zero-order valence-corrected chi connectivity index (χ0v) is 25.4. The zero-order valence-electron chi connectivity index (χ0n) is 24.6. The summed E-state index contributed by atoms with van der Waals surface area (Å²) in [7, 11) is 0. The highest BCUT2D eigenvalue weighted by atomic mass is 32.2. The second-order valence-electron chi connectivity index (χ2n) is 10.7. The molecule has 2 rings (SSSR count). The number of ether oxygens (including phenoxy) is 1. The summed E-state index contributed by atoms with van der Waals surface area (Å²) in [5.74, 6) is -3.31. The third kappa shape index (κ3) is 10.1. The monoisotopic (exact) mass is 603 g/mol. The molecule has 1 aliphatic rings. The van der Waals surface area contributed by atoms with E-state index in [1.807, 2.05) is 6.26 Å². The molecule has 42 heavy (non-hydrogen) atoms. The summed E-state index contributed by atoms with van der Waals surface area (Å²) in [4.78, 5) is 79.3. The lowest BCUT2D eigenvalue weighted by molar-refractivity contribution is -0.169. The number of carbonyl (C=O) groups is 6. The first-order valence-electron chi connectivity index (χ1n) is 13.7. The van der Waals surface area contributed by atoms with Gasteiger partial charge in [0.25, 0.3) is 23.6 Å². The Bertz CT molecular complexity index is 1180. The molecule has 5 amide bonds. The van der Waals surface area contributed by atoms with Crippen molar-refractivity contribution in [1.29, 1.82) is 0 Å². The number of hydrogen-bond donors (Lipinski definition) is 3. The van der Waals surface area contributed by atoms with Gasteiger partial charge in [-0.3, -0.25) is 33.8 Å². The van der Waals surface area contributed by atoms with Crippen LogP contribution in [0.1, 0.15) is 62.4 Å². The molecule has 1 aliphatic heterocycles. The van der Waals surface area contributed by atoms with E-state index in [4.69, 9.17) is 16.2 Å². The maximum atomic E-state index is 14.0. The highest BCUT2D eigenvalue weighted by Gasteiger charge is 2.40. The van der Waals surface area contributed by atoms with Crippen molar-refractivity contribution < 1.29 is 33.5 Å². The number of nitrogens with zero attached hydrogens (tertiary/aromatic N) is 2. The van der Waals surface area contributed by atoms with Crippen LogP contribution in [0.3, 0.4) is 0 Å². The summed E-state index contributed by atoms with van der Waals surface area (Å²) in [6.45, 7) is 4.76. The Hall–Kier alpha value is -3.55. The quantitative estimate of drug-likeness (QED) is 0.149. The SMILES string of the molecule is CSCC[C@H](NC(=O)c1cccc(CN)c1)C(=O)N(C(=O)CN)[C@@H](CCCCN1C(=O)C=CC1=O)C(=O)OC(C)(C)C. The smallest absolute Gasteiger partial charge is 0.329 e. The molecule has 0 bridgehead atoms. The van der Waals surface area contributed by atoms with E-state index >= 15 is 0 Å². The maximum absolute atomic E-state index is 14.0. The fourth-order valence-corrected chi connectivity index (χ4v) is 4.74. The van der Waals surface area contributed by atoms with Crippen LogP contribution < -0.4 is 16.8 Å². The topological polar surface area (TPSA) is 182 Å². The summed E-state index contributed by atoms with van der Waals surface area (Å²) in [6, 6.07) is 4.17. The van der Waals surface area contributed by atoms with Crippen LogP contribution in [0.15, 0.2) is 36.4 Å². The standard InChI is InChI=1S/C29H41N5O7S/c1-29(2,3)41-28(40)22(10-5-6-14-33-23(35)11-12-24(33)36)34(25(37)18-31)27(39)21(13-15-42-4)32-26(38)20-9-7-8-19(16-20)17-30/h7-9,11-12,16,21-22H,5-6,10,13-15,17-18,30-31H2,1-4H3,(H,32,38)/t21-,22-/m0/s1. The number of rotatable bonds is 15. The van der Waals surface area contributed by atoms with Crippen LogP contribution in [0, 0.1) is 0 Å². The van der Waals surface area contributed by atoms with Crippen molar-refractivity contribution in [2.75, 3.05) is 25.1 Å². The number of amides is 5. The minimum absolute atomic E-state index is 0.00220. The van der Waals surface area contributed by atoms with Crippen LogP contribution in [0.4, 0.5) is 0 Å². The lowest BCUT2D eigenvalue weighted by atomic mass is 10.0. The Kier molecular flexibility index (Phi) is 13.4. The fourth-order valence-electron chi connectivity index (χ4n) is 4.27. The van der Waals surface area contributed by atoms with E-state index in [-0.39, 0.29) is 32.4 Å². The average Bonchev–Trinajstić information content (AvgIpc) is 3.27. The number of hydrogen-bond acceptors (Lipinski definition) is 10. The van der Waals surface area contributed by atoms with Crippen molar-refractivity contribution in [3.05, 3.63) is 47.5 Å². The van der Waals surface area contributed by atoms with Crippen molar-refractivity contribution in [3.8, 4) is 0 Å². The molecule has 2 atom stereocenters. The predicted octanol–water partition coefficient (Wildman–Crippen LogP) is 1.12. The lowest BCUT2D eigenvalue weighted by Gasteiger charge is -2.33. The maximum Gasteiger partial charge on any atom is 0.329 e. The molecule has 0 fully saturated rings. The summed E-state index contributed by atoms with van der Waals surface area (Å²) >= 11 is 1.45. The summed E-state index contributed by atoms with van der Waals surface area (Å²) in [6.07, 6.45) is 4.98. The number of benzene rings is 1. The second-order valence-corrected chi connectivity index (χ2v) is 11.7. The van der Waals surface area contributed by atoms with Gasteiger partial charge in [0, 0.05) is 30.8 Å². The van der Waals surface area contributed by atoms with Gasteiger partial charge in [-0.2, -0.15) is 11.8 Å². The van der Waals surface area contributed by atoms with Crippen LogP contribution in [-0.2, 0) is 35.3 Å². The number of thioether (sulfide) groups is 1. The number of carbonyl (C=O) groups excluding carboxylic acids is 6. The molecule has 0 spiro atoms. The molecular weight excluding hydrogens is 562 g/mol. The average molecular weight is 604 g/mol. The molecule has 0 aromatic heterocycles. The first-order chi connectivity index (χ1) is 19.8. The molecule has 13 heteroatoms. The Morgan fingerprint density at radius 2 is 1.71 bits per heavy atom. The highest BCUT2D eigenvalue weighted by molar-refractivity contribution is 7.98. The number of esters is 1. The van der Waals surface area contributed by atoms with Crippen molar-refractivity contribution >= 4 is 47.3 Å². The van der Waals surface area contributed by atoms with E-state index in [0.29, 0.717) is 17.7 Å². The number of imide groups is 2. The molecular formula is C29H41N5O7S. The van der Waals surface area contributed by atoms with Gasteiger partial charge < -0.3 is 21.5 Å². The number of nitrogens with two attached hydrogens (primary N) is 2. The normalized spacial score (nSPS) is 14.5. The molecule has 12 nitrogen and oxygen atoms in total. The van der Waals surface area contributed by atoms with Crippen molar-refractivity contribution in [2.24, 2.45) is 11.5 Å². The van der Waals surface area contributed by atoms with E-state index < -0.39 is 59.7 Å². The third-order valence-corrected chi connectivity index (χ3v) is 6.96. The van der Waals surface area contributed by atoms with Crippen LogP contribution >= 0.6 is 11.8 Å². The van der Waals surface area contributed by atoms with Crippen LogP contribution in [0.2, 0.25) is 0 Å². The van der Waals surface area contributed by atoms with Gasteiger partial charge in [0.05, 0.1) is 6.54 Å². The fraction of sp³-hybridized carbons (Fsp3) is 0.517. The molecule has 5 N–H and O–H groups in total. The van der Waals surface area contributed by atoms with Gasteiger partial charge in [-0.25, -0.2) is 4.79 Å². The Morgan fingerprint density at radius 3 is 2.29 bits per heavy atom. The molecule has 1 aromatic rings. The highest BCUT2D eigenvalue weighted by Crippen LogP contribution is 2.20. The van der Waals surface area contributed by atoms with Crippen molar-refractivity contribution in [1.82, 2.24) is 15.1 Å². The van der Waals surface area contributed by atoms with Gasteiger partial charge in [-0.05, 0) is 76.2 Å². The summed E-state index contributed by atoms with van der Waals surface area (Å²) in [5.41, 5.74) is 11.5. The molecule has 1 aromatic carbocycles. The van der Waals surface area contributed by atoms with E-state index in [2.05, 4.69) is 5.32 Å².